The predicted molar refractivity (Wildman–Crippen MR) is 60.1 cm³/mol. The second-order valence-corrected chi connectivity index (χ2v) is 5.80. The summed E-state index contributed by atoms with van der Waals surface area (Å²) in [5.41, 5.74) is 0. The Morgan fingerprint density at radius 1 is 0.769 bits per heavy atom. The standard InChI is InChI=1S/C10H6BrF13O2/c1-26-4(25)3(11)2-5(12,13)6(14,15)7(16,17)8(18,19)9(20,21)10(22,23)24/h3H,2H2,1H3. The van der Waals surface area contributed by atoms with Gasteiger partial charge in [-0.25, -0.2) is 0 Å². The van der Waals surface area contributed by atoms with Crippen LogP contribution in [0.15, 0.2) is 0 Å². The van der Waals surface area contributed by atoms with Crippen LogP contribution in [-0.2, 0) is 9.53 Å². The third-order valence-electron chi connectivity index (χ3n) is 2.89. The maximum Gasteiger partial charge on any atom is 0.460 e. The van der Waals surface area contributed by atoms with Gasteiger partial charge in [0.1, 0.15) is 4.83 Å². The molecule has 1 atom stereocenters. The van der Waals surface area contributed by atoms with Gasteiger partial charge < -0.3 is 4.74 Å². The van der Waals surface area contributed by atoms with E-state index in [0.29, 0.717) is 7.11 Å². The van der Waals surface area contributed by atoms with Gasteiger partial charge >= 0.3 is 41.8 Å². The van der Waals surface area contributed by atoms with E-state index in [1.165, 1.54) is 0 Å². The molecule has 0 aromatic carbocycles. The fourth-order valence-corrected chi connectivity index (χ4v) is 1.96. The largest absolute Gasteiger partial charge is 0.468 e. The SMILES string of the molecule is COC(=O)C(Br)CC(F)(F)C(F)(F)C(F)(F)C(F)(F)C(F)(F)C(F)(F)F. The molecule has 0 N–H and O–H groups in total. The van der Waals surface area contributed by atoms with Crippen molar-refractivity contribution >= 4 is 21.9 Å². The molecule has 0 spiro atoms. The second kappa shape index (κ2) is 6.89. The molecular weight excluding hydrogens is 479 g/mol. The van der Waals surface area contributed by atoms with Gasteiger partial charge in [0.2, 0.25) is 0 Å². The molecule has 1 unspecified atom stereocenters. The molecule has 0 rings (SSSR count). The van der Waals surface area contributed by atoms with Crippen LogP contribution < -0.4 is 0 Å². The van der Waals surface area contributed by atoms with Crippen LogP contribution >= 0.6 is 15.9 Å². The van der Waals surface area contributed by atoms with Crippen LogP contribution in [0.3, 0.4) is 0 Å². The van der Waals surface area contributed by atoms with Crippen molar-refractivity contribution in [3.8, 4) is 0 Å². The Morgan fingerprint density at radius 2 is 1.12 bits per heavy atom. The summed E-state index contributed by atoms with van der Waals surface area (Å²) in [6.45, 7) is 0. The summed E-state index contributed by atoms with van der Waals surface area (Å²) in [6.07, 6.45) is -10.1. The number of alkyl halides is 14. The summed E-state index contributed by atoms with van der Waals surface area (Å²) in [4.78, 5) is 8.30. The van der Waals surface area contributed by atoms with Gasteiger partial charge in [-0.05, 0) is 0 Å². The lowest BCUT2D eigenvalue weighted by Crippen LogP contribution is -2.70. The van der Waals surface area contributed by atoms with Gasteiger partial charge in [0.25, 0.3) is 0 Å². The topological polar surface area (TPSA) is 26.3 Å². The molecule has 156 valence electrons. The monoisotopic (exact) mass is 484 g/mol. The van der Waals surface area contributed by atoms with Crippen molar-refractivity contribution in [2.75, 3.05) is 7.11 Å². The third kappa shape index (κ3) is 3.69. The zero-order valence-electron chi connectivity index (χ0n) is 11.9. The minimum Gasteiger partial charge on any atom is -0.468 e. The van der Waals surface area contributed by atoms with Gasteiger partial charge in [-0.3, -0.25) is 4.79 Å². The molecule has 2 nitrogen and oxygen atoms in total. The van der Waals surface area contributed by atoms with E-state index in [9.17, 15) is 61.9 Å². The highest BCUT2D eigenvalue weighted by Gasteiger charge is 2.90. The minimum absolute atomic E-state index is 0.527. The van der Waals surface area contributed by atoms with Crippen LogP contribution in [0.5, 0.6) is 0 Å². The molecule has 16 heteroatoms. The third-order valence-corrected chi connectivity index (χ3v) is 3.59. The van der Waals surface area contributed by atoms with E-state index in [-0.39, 0.29) is 0 Å². The zero-order chi connectivity index (χ0) is 21.6. The first kappa shape index (κ1) is 25.0. The van der Waals surface area contributed by atoms with Crippen molar-refractivity contribution in [3.63, 3.8) is 0 Å². The minimum atomic E-state index is -7.96. The number of carbonyl (C=O) groups excluding carboxylic acids is 1. The Morgan fingerprint density at radius 3 is 1.42 bits per heavy atom. The van der Waals surface area contributed by atoms with E-state index in [0.717, 1.165) is 0 Å². The Kier molecular flexibility index (Phi) is 6.63. The van der Waals surface area contributed by atoms with E-state index in [1.54, 1.807) is 0 Å². The molecule has 0 radical (unpaired) electrons. The Hall–Kier alpha value is -0.960. The van der Waals surface area contributed by atoms with Gasteiger partial charge in [-0.2, -0.15) is 57.1 Å². The van der Waals surface area contributed by atoms with Gasteiger partial charge in [0.15, 0.2) is 0 Å². The summed E-state index contributed by atoms with van der Waals surface area (Å²) in [6, 6.07) is 0. The Labute approximate surface area is 143 Å². The van der Waals surface area contributed by atoms with Gasteiger partial charge in [-0.15, -0.1) is 0 Å². The lowest BCUT2D eigenvalue weighted by molar-refractivity contribution is -0.440. The van der Waals surface area contributed by atoms with Crippen LogP contribution in [0.1, 0.15) is 6.42 Å². The Balaban J connectivity index is 6.12. The highest BCUT2D eigenvalue weighted by Crippen LogP contribution is 2.60. The van der Waals surface area contributed by atoms with E-state index >= 15 is 0 Å². The summed E-state index contributed by atoms with van der Waals surface area (Å²) in [5, 5.41) is 0. The quantitative estimate of drug-likeness (QED) is 0.287. The molecule has 0 aliphatic heterocycles. The number of hydrogen-bond donors (Lipinski definition) is 0. The molecule has 0 aromatic heterocycles. The van der Waals surface area contributed by atoms with Crippen molar-refractivity contribution in [3.05, 3.63) is 0 Å². The van der Waals surface area contributed by atoms with Crippen LogP contribution in [0.2, 0.25) is 0 Å². The molecule has 0 saturated carbocycles. The molecule has 0 heterocycles. The number of carbonyl (C=O) groups is 1. The van der Waals surface area contributed by atoms with Crippen LogP contribution in [0, 0.1) is 0 Å². The fraction of sp³-hybridized carbons (Fsp3) is 0.900. The number of esters is 1. The van der Waals surface area contributed by atoms with Gasteiger partial charge in [-0.1, -0.05) is 15.9 Å². The molecule has 0 fully saturated rings. The number of halogens is 14. The highest BCUT2D eigenvalue weighted by atomic mass is 79.9. The average molecular weight is 485 g/mol. The second-order valence-electron chi connectivity index (χ2n) is 4.69. The van der Waals surface area contributed by atoms with Gasteiger partial charge in [0, 0.05) is 6.42 Å². The fourth-order valence-electron chi connectivity index (χ4n) is 1.37. The summed E-state index contributed by atoms with van der Waals surface area (Å²) >= 11 is 1.97. The molecule has 0 amide bonds. The summed E-state index contributed by atoms with van der Waals surface area (Å²) in [7, 11) is 0.527. The van der Waals surface area contributed by atoms with E-state index in [1.807, 2.05) is 15.9 Å². The first-order valence-corrected chi connectivity index (χ1v) is 6.71. The van der Waals surface area contributed by atoms with Crippen molar-refractivity contribution < 1.29 is 66.6 Å². The Bertz CT molecular complexity index is 528. The van der Waals surface area contributed by atoms with E-state index in [2.05, 4.69) is 4.74 Å². The summed E-state index contributed by atoms with van der Waals surface area (Å²) in [5.74, 6) is -39.1. The first-order valence-electron chi connectivity index (χ1n) is 5.79. The van der Waals surface area contributed by atoms with Crippen LogP contribution in [0.4, 0.5) is 57.1 Å². The van der Waals surface area contributed by atoms with Crippen molar-refractivity contribution in [1.82, 2.24) is 0 Å². The molecule has 0 aliphatic carbocycles. The highest BCUT2D eigenvalue weighted by molar-refractivity contribution is 9.10. The predicted octanol–water partition coefficient (Wildman–Crippen LogP) is 5.05. The molecule has 0 bridgehead atoms. The molecule has 0 aliphatic rings. The van der Waals surface area contributed by atoms with E-state index in [4.69, 9.17) is 0 Å². The van der Waals surface area contributed by atoms with Crippen molar-refractivity contribution in [2.24, 2.45) is 0 Å². The molecule has 0 saturated heterocycles. The van der Waals surface area contributed by atoms with Gasteiger partial charge in [0.05, 0.1) is 7.11 Å². The van der Waals surface area contributed by atoms with Crippen LogP contribution in [0.25, 0.3) is 0 Å². The first-order chi connectivity index (χ1) is 11.1. The van der Waals surface area contributed by atoms with Crippen LogP contribution in [-0.4, -0.2) is 53.7 Å². The van der Waals surface area contributed by atoms with Crippen molar-refractivity contribution in [1.29, 1.82) is 0 Å². The number of hydrogen-bond acceptors (Lipinski definition) is 2. The number of rotatable bonds is 7. The lowest BCUT2D eigenvalue weighted by atomic mass is 9.92. The van der Waals surface area contributed by atoms with E-state index < -0.39 is 53.0 Å². The van der Waals surface area contributed by atoms with Crippen molar-refractivity contribution in [2.45, 2.75) is 47.0 Å². The average Bonchev–Trinajstić information content (AvgIpc) is 2.43. The molecule has 26 heavy (non-hydrogen) atoms. The molecule has 0 aromatic rings. The number of methoxy groups -OCH3 is 1. The lowest BCUT2D eigenvalue weighted by Gasteiger charge is -2.40. The normalized spacial score (nSPS) is 16.4. The smallest absolute Gasteiger partial charge is 0.460 e. The maximum atomic E-state index is 13.3. The number of ether oxygens (including phenoxy) is 1. The maximum absolute atomic E-state index is 13.3. The summed E-state index contributed by atoms with van der Waals surface area (Å²) < 4.78 is 170. The zero-order valence-corrected chi connectivity index (χ0v) is 13.5. The molecular formula is C10H6BrF13O2.